The summed E-state index contributed by atoms with van der Waals surface area (Å²) in [7, 11) is 0. The Kier molecular flexibility index (Phi) is 5.28. The van der Waals surface area contributed by atoms with Crippen LogP contribution in [-0.4, -0.2) is 26.6 Å². The van der Waals surface area contributed by atoms with E-state index in [4.69, 9.17) is 0 Å². The lowest BCUT2D eigenvalue weighted by atomic mass is 10.2. The largest absolute Gasteiger partial charge is 0.356 e. The van der Waals surface area contributed by atoms with Gasteiger partial charge in [-0.15, -0.1) is 0 Å². The van der Waals surface area contributed by atoms with Gasteiger partial charge in [-0.05, 0) is 31.2 Å². The maximum atomic E-state index is 12.5. The van der Waals surface area contributed by atoms with Crippen LogP contribution in [-0.2, 0) is 24.3 Å². The summed E-state index contributed by atoms with van der Waals surface area (Å²) in [5.41, 5.74) is 2.66. The summed E-state index contributed by atoms with van der Waals surface area (Å²) in [5, 5.41) is 2.89. The van der Waals surface area contributed by atoms with Crippen LogP contribution in [0, 0.1) is 0 Å². The van der Waals surface area contributed by atoms with Gasteiger partial charge in [-0.1, -0.05) is 18.2 Å². The van der Waals surface area contributed by atoms with Crippen molar-refractivity contribution in [3.8, 4) is 0 Å². The van der Waals surface area contributed by atoms with Gasteiger partial charge in [0.25, 0.3) is 0 Å². The Labute approximate surface area is 146 Å². The van der Waals surface area contributed by atoms with Crippen LogP contribution in [0.4, 0.5) is 0 Å². The first kappa shape index (κ1) is 17.0. The lowest BCUT2D eigenvalue weighted by Gasteiger charge is -2.06. The molecule has 3 rings (SSSR count). The average Bonchev–Trinajstić information content (AvgIpc) is 2.91. The molecule has 0 unspecified atom stereocenters. The Hall–Kier alpha value is -2.89. The number of aromatic nitrogens is 3. The Morgan fingerprint density at radius 3 is 2.48 bits per heavy atom. The number of imidazole rings is 1. The second-order valence-corrected chi connectivity index (χ2v) is 5.84. The number of nitrogens with zero attached hydrogens (tertiary/aromatic N) is 3. The summed E-state index contributed by atoms with van der Waals surface area (Å²) >= 11 is 0. The highest BCUT2D eigenvalue weighted by atomic mass is 16.2. The lowest BCUT2D eigenvalue weighted by molar-refractivity contribution is -0.121. The Bertz CT molecular complexity index is 912. The number of hydrogen-bond donors (Lipinski definition) is 1. The van der Waals surface area contributed by atoms with Gasteiger partial charge in [0.1, 0.15) is 0 Å². The lowest BCUT2D eigenvalue weighted by Crippen LogP contribution is -2.29. The quantitative estimate of drug-likeness (QED) is 0.716. The molecule has 1 N–H and O–H groups in total. The molecule has 1 amide bonds. The SMILES string of the molecule is CCn1c(=O)n(CCC(=O)NCCc2ccccn2)c2ccccc21. The number of para-hydroxylation sites is 2. The third-order valence-corrected chi connectivity index (χ3v) is 4.23. The monoisotopic (exact) mass is 338 g/mol. The van der Waals surface area contributed by atoms with E-state index in [1.807, 2.05) is 49.4 Å². The van der Waals surface area contributed by atoms with Gasteiger partial charge in [0.15, 0.2) is 0 Å². The molecular formula is C19H22N4O2. The maximum absolute atomic E-state index is 12.5. The highest BCUT2D eigenvalue weighted by molar-refractivity contribution is 5.78. The highest BCUT2D eigenvalue weighted by Crippen LogP contribution is 2.12. The predicted octanol–water partition coefficient (Wildman–Crippen LogP) is 1.97. The van der Waals surface area contributed by atoms with Gasteiger partial charge in [0, 0.05) is 44.4 Å². The summed E-state index contributed by atoms with van der Waals surface area (Å²) in [6.45, 7) is 3.48. The zero-order valence-electron chi connectivity index (χ0n) is 14.3. The number of carbonyl (C=O) groups is 1. The van der Waals surface area contributed by atoms with Crippen molar-refractivity contribution in [2.24, 2.45) is 0 Å². The van der Waals surface area contributed by atoms with Crippen molar-refractivity contribution in [1.29, 1.82) is 0 Å². The van der Waals surface area contributed by atoms with Crippen molar-refractivity contribution in [3.63, 3.8) is 0 Å². The van der Waals surface area contributed by atoms with Crippen molar-refractivity contribution in [3.05, 3.63) is 64.8 Å². The molecule has 2 heterocycles. The van der Waals surface area contributed by atoms with Crippen LogP contribution < -0.4 is 11.0 Å². The van der Waals surface area contributed by atoms with E-state index in [0.29, 0.717) is 26.1 Å². The van der Waals surface area contributed by atoms with Gasteiger partial charge in [0.05, 0.1) is 11.0 Å². The van der Waals surface area contributed by atoms with E-state index in [9.17, 15) is 9.59 Å². The topological polar surface area (TPSA) is 68.9 Å². The van der Waals surface area contributed by atoms with Crippen molar-refractivity contribution in [2.75, 3.05) is 6.54 Å². The van der Waals surface area contributed by atoms with E-state index in [2.05, 4.69) is 10.3 Å². The summed E-state index contributed by atoms with van der Waals surface area (Å²) in [6, 6.07) is 13.4. The number of benzene rings is 1. The maximum Gasteiger partial charge on any atom is 0.329 e. The fourth-order valence-electron chi connectivity index (χ4n) is 2.97. The number of nitrogens with one attached hydrogen (secondary N) is 1. The average molecular weight is 338 g/mol. The van der Waals surface area contributed by atoms with Crippen LogP contribution >= 0.6 is 0 Å². The number of aryl methyl sites for hydroxylation is 2. The van der Waals surface area contributed by atoms with Gasteiger partial charge >= 0.3 is 5.69 Å². The number of carbonyl (C=O) groups excluding carboxylic acids is 1. The first-order valence-electron chi connectivity index (χ1n) is 8.55. The first-order chi connectivity index (χ1) is 12.2. The predicted molar refractivity (Wildman–Crippen MR) is 97.4 cm³/mol. The summed E-state index contributed by atoms with van der Waals surface area (Å²) in [6.07, 6.45) is 2.72. The molecule has 0 aliphatic carbocycles. The molecule has 0 spiro atoms. The molecule has 25 heavy (non-hydrogen) atoms. The molecular weight excluding hydrogens is 316 g/mol. The number of rotatable bonds is 7. The van der Waals surface area contributed by atoms with Gasteiger partial charge in [-0.25, -0.2) is 4.79 Å². The van der Waals surface area contributed by atoms with Crippen LogP contribution in [0.3, 0.4) is 0 Å². The number of hydrogen-bond acceptors (Lipinski definition) is 3. The molecule has 0 fully saturated rings. The standard InChI is InChI=1S/C19H22N4O2/c1-2-22-16-8-3-4-9-17(16)23(19(22)25)14-11-18(24)21-13-10-15-7-5-6-12-20-15/h3-9,12H,2,10-11,13-14H2,1H3,(H,21,24). The Morgan fingerprint density at radius 1 is 1.08 bits per heavy atom. The molecule has 6 heteroatoms. The molecule has 0 aliphatic rings. The van der Waals surface area contributed by atoms with Crippen LogP contribution in [0.1, 0.15) is 19.0 Å². The van der Waals surface area contributed by atoms with E-state index in [0.717, 1.165) is 16.7 Å². The fraction of sp³-hybridized carbons (Fsp3) is 0.316. The van der Waals surface area contributed by atoms with Gasteiger partial charge < -0.3 is 5.32 Å². The zero-order valence-corrected chi connectivity index (χ0v) is 14.3. The van der Waals surface area contributed by atoms with Gasteiger partial charge in [-0.3, -0.25) is 18.9 Å². The third-order valence-electron chi connectivity index (χ3n) is 4.23. The van der Waals surface area contributed by atoms with E-state index in [-0.39, 0.29) is 18.0 Å². The van der Waals surface area contributed by atoms with Crippen molar-refractivity contribution < 1.29 is 4.79 Å². The van der Waals surface area contributed by atoms with E-state index < -0.39 is 0 Å². The molecule has 130 valence electrons. The van der Waals surface area contributed by atoms with E-state index in [1.54, 1.807) is 15.3 Å². The van der Waals surface area contributed by atoms with Crippen molar-refractivity contribution in [2.45, 2.75) is 32.9 Å². The van der Waals surface area contributed by atoms with Gasteiger partial charge in [0.2, 0.25) is 5.91 Å². The summed E-state index contributed by atoms with van der Waals surface area (Å²) in [5.74, 6) is -0.0591. The number of amides is 1. The minimum Gasteiger partial charge on any atom is -0.356 e. The molecule has 2 aromatic heterocycles. The molecule has 0 saturated heterocycles. The number of pyridine rings is 1. The van der Waals surface area contributed by atoms with Gasteiger partial charge in [-0.2, -0.15) is 0 Å². The van der Waals surface area contributed by atoms with Crippen molar-refractivity contribution >= 4 is 16.9 Å². The normalized spacial score (nSPS) is 10.9. The molecule has 3 aromatic rings. The van der Waals surface area contributed by atoms with E-state index >= 15 is 0 Å². The van der Waals surface area contributed by atoms with Crippen LogP contribution in [0.25, 0.3) is 11.0 Å². The zero-order chi connectivity index (χ0) is 17.6. The molecule has 0 saturated carbocycles. The van der Waals surface area contributed by atoms with Crippen molar-refractivity contribution in [1.82, 2.24) is 19.4 Å². The van der Waals surface area contributed by atoms with Crippen LogP contribution in [0.15, 0.2) is 53.5 Å². The van der Waals surface area contributed by atoms with Crippen LogP contribution in [0.2, 0.25) is 0 Å². The molecule has 0 bridgehead atoms. The highest BCUT2D eigenvalue weighted by Gasteiger charge is 2.12. The minimum absolute atomic E-state index is 0.0591. The Morgan fingerprint density at radius 2 is 1.80 bits per heavy atom. The second-order valence-electron chi connectivity index (χ2n) is 5.84. The fourth-order valence-corrected chi connectivity index (χ4v) is 2.97. The molecule has 0 aliphatic heterocycles. The van der Waals surface area contributed by atoms with E-state index in [1.165, 1.54) is 0 Å². The third kappa shape index (κ3) is 3.79. The molecule has 6 nitrogen and oxygen atoms in total. The van der Waals surface area contributed by atoms with Crippen LogP contribution in [0.5, 0.6) is 0 Å². The minimum atomic E-state index is -0.0648. The Balaban J connectivity index is 1.60. The molecule has 1 aromatic carbocycles. The summed E-state index contributed by atoms with van der Waals surface area (Å²) < 4.78 is 3.41. The molecule has 0 atom stereocenters. The summed E-state index contributed by atoms with van der Waals surface area (Å²) in [4.78, 5) is 28.8. The number of fused-ring (bicyclic) bond motifs is 1. The first-order valence-corrected chi connectivity index (χ1v) is 8.55. The smallest absolute Gasteiger partial charge is 0.329 e. The molecule has 0 radical (unpaired) electrons. The second kappa shape index (κ2) is 7.79.